The minimum atomic E-state index is -1.14. The van der Waals surface area contributed by atoms with Crippen LogP contribution in [0.2, 0.25) is 0 Å². The third kappa shape index (κ3) is 6.69. The topological polar surface area (TPSA) is 84.9 Å². The van der Waals surface area contributed by atoms with Crippen molar-refractivity contribution in [2.75, 3.05) is 0 Å². The van der Waals surface area contributed by atoms with Gasteiger partial charge in [0.15, 0.2) is 0 Å². The van der Waals surface area contributed by atoms with Crippen molar-refractivity contribution in [2.45, 2.75) is 52.2 Å². The number of hydrogen-bond acceptors (Lipinski definition) is 5. The molecule has 122 valence electrons. The first kappa shape index (κ1) is 18.1. The first-order chi connectivity index (χ1) is 10.2. The Balaban J connectivity index is 2.68. The summed E-state index contributed by atoms with van der Waals surface area (Å²) in [7, 11) is 0. The van der Waals surface area contributed by atoms with Gasteiger partial charge < -0.3 is 14.6 Å². The van der Waals surface area contributed by atoms with Crippen LogP contribution in [0.1, 0.15) is 33.3 Å². The smallest absolute Gasteiger partial charge is 0.350 e. The highest BCUT2D eigenvalue weighted by molar-refractivity contribution is 5.77. The normalized spacial score (nSPS) is 14.2. The van der Waals surface area contributed by atoms with Crippen LogP contribution in [0.15, 0.2) is 30.3 Å². The predicted octanol–water partition coefficient (Wildman–Crippen LogP) is 1.93. The van der Waals surface area contributed by atoms with Gasteiger partial charge in [-0.05, 0) is 33.3 Å². The monoisotopic (exact) mass is 309 g/mol. The largest absolute Gasteiger partial charge is 0.480 e. The molecule has 1 aromatic rings. The Bertz CT molecular complexity index is 495. The Kier molecular flexibility index (Phi) is 6.52. The summed E-state index contributed by atoms with van der Waals surface area (Å²) in [5.74, 6) is -1.72. The van der Waals surface area contributed by atoms with Gasteiger partial charge in [0, 0.05) is 0 Å². The number of hydrogen-bond donors (Lipinski definition) is 2. The molecule has 0 spiro atoms. The predicted molar refractivity (Wildman–Crippen MR) is 81.1 cm³/mol. The second kappa shape index (κ2) is 7.91. The molecule has 0 aromatic heterocycles. The minimum absolute atomic E-state index is 0.104. The molecule has 0 bridgehead atoms. The summed E-state index contributed by atoms with van der Waals surface area (Å²) in [6.45, 7) is 6.87. The Hall–Kier alpha value is -1.92. The van der Waals surface area contributed by atoms with Gasteiger partial charge >= 0.3 is 11.9 Å². The molecule has 2 atom stereocenters. The van der Waals surface area contributed by atoms with E-state index in [0.29, 0.717) is 0 Å². The van der Waals surface area contributed by atoms with Crippen molar-refractivity contribution in [2.24, 2.45) is 0 Å². The van der Waals surface area contributed by atoms with Crippen molar-refractivity contribution in [3.63, 3.8) is 0 Å². The zero-order chi connectivity index (χ0) is 16.8. The molecule has 0 saturated heterocycles. The van der Waals surface area contributed by atoms with Crippen molar-refractivity contribution in [1.29, 1.82) is 0 Å². The zero-order valence-corrected chi connectivity index (χ0v) is 13.3. The first-order valence-electron chi connectivity index (χ1n) is 7.06. The fraction of sp³-hybridized carbons (Fsp3) is 0.500. The Morgan fingerprint density at radius 3 is 2.32 bits per heavy atom. The van der Waals surface area contributed by atoms with Crippen molar-refractivity contribution in [3.8, 4) is 0 Å². The van der Waals surface area contributed by atoms with Crippen LogP contribution in [0.4, 0.5) is 0 Å². The van der Waals surface area contributed by atoms with E-state index in [0.717, 1.165) is 5.56 Å². The average Bonchev–Trinajstić information content (AvgIpc) is 2.43. The quantitative estimate of drug-likeness (QED) is 0.591. The van der Waals surface area contributed by atoms with Crippen molar-refractivity contribution in [1.82, 2.24) is 5.32 Å². The number of carboxylic acids is 1. The molecule has 6 heteroatoms. The van der Waals surface area contributed by atoms with Gasteiger partial charge in [-0.15, -0.1) is 0 Å². The van der Waals surface area contributed by atoms with Crippen LogP contribution >= 0.6 is 0 Å². The summed E-state index contributed by atoms with van der Waals surface area (Å²) in [6.07, 6.45) is -1.14. The number of rotatable bonds is 7. The number of aliphatic carboxylic acids is 1. The van der Waals surface area contributed by atoms with Crippen LogP contribution in [-0.4, -0.2) is 34.9 Å². The van der Waals surface area contributed by atoms with Gasteiger partial charge in [-0.1, -0.05) is 30.3 Å². The molecular weight excluding hydrogens is 286 g/mol. The van der Waals surface area contributed by atoms with Gasteiger partial charge in [-0.25, -0.2) is 4.79 Å². The van der Waals surface area contributed by atoms with E-state index in [4.69, 9.17) is 14.6 Å². The Morgan fingerprint density at radius 1 is 1.23 bits per heavy atom. The molecule has 0 saturated carbocycles. The van der Waals surface area contributed by atoms with Crippen molar-refractivity contribution < 1.29 is 24.2 Å². The van der Waals surface area contributed by atoms with E-state index < -0.39 is 29.8 Å². The van der Waals surface area contributed by atoms with E-state index in [2.05, 4.69) is 5.32 Å². The molecule has 1 aromatic carbocycles. The third-order valence-electron chi connectivity index (χ3n) is 2.68. The molecule has 2 N–H and O–H groups in total. The Labute approximate surface area is 130 Å². The highest BCUT2D eigenvalue weighted by Crippen LogP contribution is 2.12. The summed E-state index contributed by atoms with van der Waals surface area (Å²) in [4.78, 5) is 23.1. The lowest BCUT2D eigenvalue weighted by Gasteiger charge is -2.28. The second-order valence-corrected chi connectivity index (χ2v) is 5.93. The number of esters is 1. The SMILES string of the molecule is C[C@H](NC(OC(C)(C)C)C(=O)OCc1ccccc1)C(=O)O. The summed E-state index contributed by atoms with van der Waals surface area (Å²) in [5, 5.41) is 11.6. The summed E-state index contributed by atoms with van der Waals surface area (Å²) in [5.41, 5.74) is 0.221. The molecule has 0 amide bonds. The number of ether oxygens (including phenoxy) is 2. The summed E-state index contributed by atoms with van der Waals surface area (Å²) in [6, 6.07) is 8.29. The molecule has 1 unspecified atom stereocenters. The zero-order valence-electron chi connectivity index (χ0n) is 13.3. The molecule has 0 heterocycles. The first-order valence-corrected chi connectivity index (χ1v) is 7.06. The van der Waals surface area contributed by atoms with Crippen LogP contribution in [0.5, 0.6) is 0 Å². The second-order valence-electron chi connectivity index (χ2n) is 5.93. The number of carbonyl (C=O) groups excluding carboxylic acids is 1. The van der Waals surface area contributed by atoms with Crippen LogP contribution in [-0.2, 0) is 25.7 Å². The van der Waals surface area contributed by atoms with Gasteiger partial charge in [-0.3, -0.25) is 10.1 Å². The maximum atomic E-state index is 12.1. The van der Waals surface area contributed by atoms with Gasteiger partial charge in [0.25, 0.3) is 0 Å². The van der Waals surface area contributed by atoms with E-state index in [1.165, 1.54) is 6.92 Å². The van der Waals surface area contributed by atoms with E-state index in [-0.39, 0.29) is 6.61 Å². The van der Waals surface area contributed by atoms with E-state index in [1.54, 1.807) is 20.8 Å². The van der Waals surface area contributed by atoms with E-state index in [9.17, 15) is 9.59 Å². The minimum Gasteiger partial charge on any atom is -0.480 e. The lowest BCUT2D eigenvalue weighted by molar-refractivity contribution is -0.173. The third-order valence-corrected chi connectivity index (χ3v) is 2.68. The highest BCUT2D eigenvalue weighted by Gasteiger charge is 2.29. The lowest BCUT2D eigenvalue weighted by Crippen LogP contribution is -2.50. The maximum Gasteiger partial charge on any atom is 0.350 e. The molecule has 0 radical (unpaired) electrons. The molecule has 0 aliphatic heterocycles. The maximum absolute atomic E-state index is 12.1. The lowest BCUT2D eigenvalue weighted by atomic mass is 10.2. The number of carboxylic acid groups (broad SMARTS) is 1. The van der Waals surface area contributed by atoms with Crippen LogP contribution in [0.25, 0.3) is 0 Å². The standard InChI is InChI=1S/C16H23NO5/c1-11(14(18)19)17-13(22-16(2,3)4)15(20)21-10-12-8-6-5-7-9-12/h5-9,11,13,17H,10H2,1-4H3,(H,18,19)/t11-,13?/m0/s1. The molecule has 0 fully saturated rings. The fourth-order valence-electron chi connectivity index (χ4n) is 1.61. The number of nitrogens with one attached hydrogen (secondary N) is 1. The van der Waals surface area contributed by atoms with E-state index in [1.807, 2.05) is 30.3 Å². The Morgan fingerprint density at radius 2 is 1.82 bits per heavy atom. The molecule has 6 nitrogen and oxygen atoms in total. The van der Waals surface area contributed by atoms with Gasteiger partial charge in [0.05, 0.1) is 5.60 Å². The van der Waals surface area contributed by atoms with E-state index >= 15 is 0 Å². The number of carbonyl (C=O) groups is 2. The number of benzene rings is 1. The van der Waals surface area contributed by atoms with Crippen LogP contribution < -0.4 is 5.32 Å². The van der Waals surface area contributed by atoms with Gasteiger partial charge in [0.1, 0.15) is 12.6 Å². The van der Waals surface area contributed by atoms with Crippen molar-refractivity contribution >= 4 is 11.9 Å². The fourth-order valence-corrected chi connectivity index (χ4v) is 1.61. The molecule has 22 heavy (non-hydrogen) atoms. The van der Waals surface area contributed by atoms with Crippen LogP contribution in [0, 0.1) is 0 Å². The average molecular weight is 309 g/mol. The molecule has 0 aliphatic carbocycles. The highest BCUT2D eigenvalue weighted by atomic mass is 16.6. The molecular formula is C16H23NO5. The van der Waals surface area contributed by atoms with Gasteiger partial charge in [-0.2, -0.15) is 0 Å². The molecule has 0 aliphatic rings. The van der Waals surface area contributed by atoms with Gasteiger partial charge in [0.2, 0.25) is 6.23 Å². The van der Waals surface area contributed by atoms with Crippen LogP contribution in [0.3, 0.4) is 0 Å². The molecule has 1 rings (SSSR count). The summed E-state index contributed by atoms with van der Waals surface area (Å²) < 4.78 is 10.8. The van der Waals surface area contributed by atoms with Crippen molar-refractivity contribution in [3.05, 3.63) is 35.9 Å². The summed E-state index contributed by atoms with van der Waals surface area (Å²) >= 11 is 0.